The van der Waals surface area contributed by atoms with E-state index in [4.69, 9.17) is 0 Å². The van der Waals surface area contributed by atoms with Crippen molar-refractivity contribution in [3.05, 3.63) is 35.4 Å². The number of aliphatic hydroxyl groups is 1. The van der Waals surface area contributed by atoms with E-state index in [1.165, 1.54) is 19.2 Å². The lowest BCUT2D eigenvalue weighted by molar-refractivity contribution is -0.156. The summed E-state index contributed by atoms with van der Waals surface area (Å²) in [6, 6.07) is 6.28. The number of ether oxygens (including phenoxy) is 2. The zero-order chi connectivity index (χ0) is 15.1. The van der Waals surface area contributed by atoms with Crippen molar-refractivity contribution in [3.8, 4) is 0 Å². The average molecular weight is 280 g/mol. The van der Waals surface area contributed by atoms with Gasteiger partial charge in [0.05, 0.1) is 32.7 Å². The van der Waals surface area contributed by atoms with Crippen LogP contribution in [0.15, 0.2) is 24.3 Å². The summed E-state index contributed by atoms with van der Waals surface area (Å²) in [7, 11) is 2.34. The van der Waals surface area contributed by atoms with E-state index >= 15 is 0 Å². The monoisotopic (exact) mass is 280 g/mol. The van der Waals surface area contributed by atoms with Gasteiger partial charge >= 0.3 is 11.9 Å². The number of rotatable bonds is 6. The van der Waals surface area contributed by atoms with E-state index in [-0.39, 0.29) is 17.5 Å². The minimum absolute atomic E-state index is 0.249. The van der Waals surface area contributed by atoms with Gasteiger partial charge < -0.3 is 14.6 Å². The number of carbonyl (C=O) groups is 3. The zero-order valence-electron chi connectivity index (χ0n) is 11.2. The topological polar surface area (TPSA) is 89.9 Å². The summed E-state index contributed by atoms with van der Waals surface area (Å²) in [4.78, 5) is 34.0. The maximum atomic E-state index is 11.7. The number of methoxy groups -OCH3 is 2. The summed E-state index contributed by atoms with van der Waals surface area (Å²) < 4.78 is 9.07. The van der Waals surface area contributed by atoms with E-state index in [2.05, 4.69) is 9.47 Å². The smallest absolute Gasteiger partial charge is 0.312 e. The number of hydrogen-bond acceptors (Lipinski definition) is 6. The molecule has 20 heavy (non-hydrogen) atoms. The van der Waals surface area contributed by atoms with Gasteiger partial charge in [0.15, 0.2) is 0 Å². The van der Waals surface area contributed by atoms with Crippen molar-refractivity contribution in [3.63, 3.8) is 0 Å². The summed E-state index contributed by atoms with van der Waals surface area (Å²) in [6.45, 7) is 0. The molecule has 6 heteroatoms. The van der Waals surface area contributed by atoms with Crippen LogP contribution in [0.3, 0.4) is 0 Å². The first-order chi connectivity index (χ1) is 9.54. The second-order valence-corrected chi connectivity index (χ2v) is 4.10. The van der Waals surface area contributed by atoms with E-state index in [9.17, 15) is 19.5 Å². The largest absolute Gasteiger partial charge is 0.469 e. The Balaban J connectivity index is 3.09. The van der Waals surface area contributed by atoms with Crippen LogP contribution in [-0.4, -0.2) is 37.6 Å². The highest BCUT2D eigenvalue weighted by Crippen LogP contribution is 2.28. The molecule has 0 aromatic heterocycles. The van der Waals surface area contributed by atoms with Crippen LogP contribution in [0.1, 0.15) is 28.4 Å². The van der Waals surface area contributed by atoms with Crippen LogP contribution in [0.2, 0.25) is 0 Å². The molecule has 1 N–H and O–H groups in total. The van der Waals surface area contributed by atoms with E-state index in [0.29, 0.717) is 6.29 Å². The zero-order valence-corrected chi connectivity index (χ0v) is 11.2. The Morgan fingerprint density at radius 3 is 2.45 bits per heavy atom. The first kappa shape index (κ1) is 15.8. The number of esters is 2. The third kappa shape index (κ3) is 3.64. The summed E-state index contributed by atoms with van der Waals surface area (Å²) in [5.74, 6) is -2.53. The lowest BCUT2D eigenvalue weighted by Gasteiger charge is -2.21. The minimum atomic E-state index is -1.33. The number of benzene rings is 1. The Bertz CT molecular complexity index is 496. The van der Waals surface area contributed by atoms with Crippen LogP contribution in [0.25, 0.3) is 0 Å². The number of carbonyl (C=O) groups excluding carboxylic acids is 3. The molecule has 0 aliphatic carbocycles. The predicted molar refractivity (Wildman–Crippen MR) is 68.9 cm³/mol. The van der Waals surface area contributed by atoms with Crippen molar-refractivity contribution in [1.82, 2.24) is 0 Å². The maximum Gasteiger partial charge on any atom is 0.312 e. The van der Waals surface area contributed by atoms with Crippen LogP contribution in [0.4, 0.5) is 0 Å². The van der Waals surface area contributed by atoms with E-state index < -0.39 is 24.0 Å². The average Bonchev–Trinajstić information content (AvgIpc) is 2.50. The van der Waals surface area contributed by atoms with Gasteiger partial charge in [-0.3, -0.25) is 14.4 Å². The van der Waals surface area contributed by atoms with Crippen LogP contribution in [-0.2, 0) is 19.1 Å². The fraction of sp³-hybridized carbons (Fsp3) is 0.357. The first-order valence-electron chi connectivity index (χ1n) is 5.92. The first-order valence-corrected chi connectivity index (χ1v) is 5.92. The molecular formula is C14H16O6. The Labute approximate surface area is 116 Å². The quantitative estimate of drug-likeness (QED) is 0.614. The van der Waals surface area contributed by atoms with Gasteiger partial charge in [0.25, 0.3) is 0 Å². The lowest BCUT2D eigenvalue weighted by atomic mass is 9.90. The molecular weight excluding hydrogens is 264 g/mol. The summed E-state index contributed by atoms with van der Waals surface area (Å²) in [6.07, 6.45) is -1.09. The molecule has 0 saturated carbocycles. The highest BCUT2D eigenvalue weighted by atomic mass is 16.5. The molecule has 0 fully saturated rings. The van der Waals surface area contributed by atoms with Crippen LogP contribution >= 0.6 is 0 Å². The molecule has 0 aliphatic heterocycles. The Kier molecular flexibility index (Phi) is 5.86. The van der Waals surface area contributed by atoms with Gasteiger partial charge in [-0.1, -0.05) is 24.3 Å². The lowest BCUT2D eigenvalue weighted by Crippen LogP contribution is -2.27. The fourth-order valence-corrected chi connectivity index (χ4v) is 1.84. The number of aldehydes is 1. The maximum absolute atomic E-state index is 11.7. The molecule has 0 saturated heterocycles. The molecule has 1 unspecified atom stereocenters. The summed E-state index contributed by atoms with van der Waals surface area (Å²) in [5, 5.41) is 10.3. The van der Waals surface area contributed by atoms with E-state index in [1.807, 2.05) is 0 Å². The molecule has 2 atom stereocenters. The van der Waals surface area contributed by atoms with Crippen molar-refractivity contribution in [1.29, 1.82) is 0 Å². The third-order valence-electron chi connectivity index (χ3n) is 2.94. The standard InChI is InChI=1S/C14H16O6/c1-19-12(16)7-11(14(18)20-2)13(17)10-6-4-3-5-9(10)8-15/h3-6,8,11,13,17H,7H2,1-2H3/t11-,13?/m0/s1. The molecule has 1 rings (SSSR count). The summed E-state index contributed by atoms with van der Waals surface area (Å²) in [5.41, 5.74) is 0.514. The highest BCUT2D eigenvalue weighted by molar-refractivity contribution is 5.82. The van der Waals surface area contributed by atoms with Crippen molar-refractivity contribution in [2.24, 2.45) is 5.92 Å². The van der Waals surface area contributed by atoms with Gasteiger partial charge in [0.1, 0.15) is 6.29 Å². The predicted octanol–water partition coefficient (Wildman–Crippen LogP) is 0.885. The highest BCUT2D eigenvalue weighted by Gasteiger charge is 2.32. The van der Waals surface area contributed by atoms with Gasteiger partial charge in [-0.15, -0.1) is 0 Å². The third-order valence-corrected chi connectivity index (χ3v) is 2.94. The number of hydrogen-bond donors (Lipinski definition) is 1. The molecule has 6 nitrogen and oxygen atoms in total. The molecule has 1 aromatic rings. The second-order valence-electron chi connectivity index (χ2n) is 4.10. The minimum Gasteiger partial charge on any atom is -0.469 e. The molecule has 1 aromatic carbocycles. The summed E-state index contributed by atoms with van der Waals surface area (Å²) >= 11 is 0. The Hall–Kier alpha value is -2.21. The SMILES string of the molecule is COC(=O)C[C@H](C(=O)OC)C(O)c1ccccc1C=O. The van der Waals surface area contributed by atoms with Crippen molar-refractivity contribution in [2.75, 3.05) is 14.2 Å². The van der Waals surface area contributed by atoms with Crippen molar-refractivity contribution >= 4 is 18.2 Å². The Morgan fingerprint density at radius 2 is 1.90 bits per heavy atom. The molecule has 0 radical (unpaired) electrons. The normalized spacial score (nSPS) is 13.2. The van der Waals surface area contributed by atoms with Gasteiger partial charge in [0, 0.05) is 5.56 Å². The van der Waals surface area contributed by atoms with Gasteiger partial charge in [-0.2, -0.15) is 0 Å². The van der Waals surface area contributed by atoms with Gasteiger partial charge in [-0.25, -0.2) is 0 Å². The second kappa shape index (κ2) is 7.40. The van der Waals surface area contributed by atoms with Crippen LogP contribution in [0.5, 0.6) is 0 Å². The van der Waals surface area contributed by atoms with Crippen molar-refractivity contribution in [2.45, 2.75) is 12.5 Å². The molecule has 108 valence electrons. The van der Waals surface area contributed by atoms with E-state index in [1.54, 1.807) is 12.1 Å². The molecule has 0 amide bonds. The van der Waals surface area contributed by atoms with Gasteiger partial charge in [0.2, 0.25) is 0 Å². The van der Waals surface area contributed by atoms with Crippen molar-refractivity contribution < 1.29 is 29.0 Å². The van der Waals surface area contributed by atoms with E-state index in [0.717, 1.165) is 7.11 Å². The fourth-order valence-electron chi connectivity index (χ4n) is 1.84. The Morgan fingerprint density at radius 1 is 1.25 bits per heavy atom. The molecule has 0 bridgehead atoms. The molecule has 0 heterocycles. The number of aliphatic hydroxyl groups excluding tert-OH is 1. The molecule has 0 aliphatic rings. The van der Waals surface area contributed by atoms with Gasteiger partial charge in [-0.05, 0) is 5.56 Å². The van der Waals surface area contributed by atoms with Crippen LogP contribution < -0.4 is 0 Å². The van der Waals surface area contributed by atoms with Crippen LogP contribution in [0, 0.1) is 5.92 Å². The molecule has 0 spiro atoms.